The number of nitrogens with zero attached hydrogens (tertiary/aromatic N) is 3. The zero-order valence-corrected chi connectivity index (χ0v) is 19.6. The summed E-state index contributed by atoms with van der Waals surface area (Å²) >= 11 is 5.94. The van der Waals surface area contributed by atoms with Crippen LogP contribution in [0.4, 0.5) is 11.4 Å². The van der Waals surface area contributed by atoms with Crippen molar-refractivity contribution in [1.29, 1.82) is 0 Å². The molecule has 3 amide bonds. The molecular weight excluding hydrogens is 440 g/mol. The average molecular weight is 469 g/mol. The molecule has 1 N–H and O–H groups in total. The molecule has 33 heavy (non-hydrogen) atoms. The molecule has 174 valence electrons. The number of anilines is 2. The summed E-state index contributed by atoms with van der Waals surface area (Å²) in [5.41, 5.74) is 2.70. The van der Waals surface area contributed by atoms with Crippen molar-refractivity contribution in [3.8, 4) is 0 Å². The molecule has 2 aromatic carbocycles. The second-order valence-corrected chi connectivity index (χ2v) is 8.86. The number of hydrogen-bond donors (Lipinski definition) is 1. The van der Waals surface area contributed by atoms with Gasteiger partial charge in [0.05, 0.1) is 5.56 Å². The highest BCUT2D eigenvalue weighted by Gasteiger charge is 2.28. The third-order valence-corrected chi connectivity index (χ3v) is 6.48. The lowest BCUT2D eigenvalue weighted by atomic mass is 10.1. The van der Waals surface area contributed by atoms with E-state index in [1.165, 1.54) is 0 Å². The summed E-state index contributed by atoms with van der Waals surface area (Å²) in [6, 6.07) is 12.5. The lowest BCUT2D eigenvalue weighted by Gasteiger charge is -2.37. The minimum absolute atomic E-state index is 0.00484. The highest BCUT2D eigenvalue weighted by molar-refractivity contribution is 6.30. The first kappa shape index (κ1) is 23.1. The predicted octanol–water partition coefficient (Wildman–Crippen LogP) is 3.89. The molecule has 0 atom stereocenters. The van der Waals surface area contributed by atoms with E-state index in [9.17, 15) is 14.4 Å². The van der Waals surface area contributed by atoms with Gasteiger partial charge in [-0.25, -0.2) is 0 Å². The maximum absolute atomic E-state index is 13.3. The molecule has 2 aromatic rings. The van der Waals surface area contributed by atoms with Crippen LogP contribution in [-0.4, -0.2) is 66.8 Å². The lowest BCUT2D eigenvalue weighted by Crippen LogP contribution is -2.49. The largest absolute Gasteiger partial charge is 0.367 e. The van der Waals surface area contributed by atoms with Gasteiger partial charge in [0.25, 0.3) is 11.8 Å². The van der Waals surface area contributed by atoms with Gasteiger partial charge in [-0.3, -0.25) is 14.4 Å². The van der Waals surface area contributed by atoms with Gasteiger partial charge in [0.2, 0.25) is 5.91 Å². The van der Waals surface area contributed by atoms with E-state index in [0.717, 1.165) is 31.6 Å². The summed E-state index contributed by atoms with van der Waals surface area (Å²) in [6.07, 6.45) is 2.40. The molecule has 0 bridgehead atoms. The second kappa shape index (κ2) is 10.3. The third kappa shape index (κ3) is 5.30. The van der Waals surface area contributed by atoms with E-state index in [0.29, 0.717) is 54.4 Å². The Kier molecular flexibility index (Phi) is 7.18. The maximum atomic E-state index is 13.3. The van der Waals surface area contributed by atoms with Crippen LogP contribution in [0.25, 0.3) is 0 Å². The van der Waals surface area contributed by atoms with E-state index >= 15 is 0 Å². The SMILES string of the molecule is CCC(=O)Nc1ccc(N2CCN(C(=O)c3ccc(Cl)cc3)CC2)c(C(=O)N2CCCC2)c1. The number of rotatable bonds is 5. The highest BCUT2D eigenvalue weighted by Crippen LogP contribution is 2.28. The van der Waals surface area contributed by atoms with Gasteiger partial charge in [0.1, 0.15) is 0 Å². The molecule has 8 heteroatoms. The number of halogens is 1. The summed E-state index contributed by atoms with van der Waals surface area (Å²) in [4.78, 5) is 43.9. The molecule has 0 radical (unpaired) electrons. The van der Waals surface area contributed by atoms with Crippen molar-refractivity contribution >= 4 is 40.7 Å². The fourth-order valence-electron chi connectivity index (χ4n) is 4.33. The molecule has 2 aliphatic rings. The molecule has 0 aliphatic carbocycles. The number of piperazine rings is 1. The van der Waals surface area contributed by atoms with E-state index in [2.05, 4.69) is 10.2 Å². The van der Waals surface area contributed by atoms with E-state index in [1.54, 1.807) is 37.3 Å². The molecule has 0 saturated carbocycles. The fraction of sp³-hybridized carbons (Fsp3) is 0.400. The quantitative estimate of drug-likeness (QED) is 0.722. The Bertz CT molecular complexity index is 1030. The molecule has 0 aromatic heterocycles. The predicted molar refractivity (Wildman–Crippen MR) is 130 cm³/mol. The van der Waals surface area contributed by atoms with Gasteiger partial charge in [-0.15, -0.1) is 0 Å². The Hall–Kier alpha value is -3.06. The molecule has 4 rings (SSSR count). The van der Waals surface area contributed by atoms with Crippen LogP contribution in [0.1, 0.15) is 46.9 Å². The fourth-order valence-corrected chi connectivity index (χ4v) is 4.45. The molecule has 2 saturated heterocycles. The number of carbonyl (C=O) groups is 3. The zero-order chi connectivity index (χ0) is 23.4. The molecule has 0 unspecified atom stereocenters. The highest BCUT2D eigenvalue weighted by atomic mass is 35.5. The van der Waals surface area contributed by atoms with Crippen LogP contribution in [0.3, 0.4) is 0 Å². The maximum Gasteiger partial charge on any atom is 0.256 e. The Labute approximate surface area is 199 Å². The lowest BCUT2D eigenvalue weighted by molar-refractivity contribution is -0.115. The summed E-state index contributed by atoms with van der Waals surface area (Å²) in [6.45, 7) is 5.69. The Morgan fingerprint density at radius 3 is 2.12 bits per heavy atom. The van der Waals surface area contributed by atoms with E-state index in [1.807, 2.05) is 21.9 Å². The molecular formula is C25H29ClN4O3. The number of hydrogen-bond acceptors (Lipinski definition) is 4. The van der Waals surface area contributed by atoms with E-state index in [-0.39, 0.29) is 17.7 Å². The van der Waals surface area contributed by atoms with Gasteiger partial charge in [-0.05, 0) is 55.3 Å². The first-order chi connectivity index (χ1) is 16.0. The Morgan fingerprint density at radius 2 is 1.48 bits per heavy atom. The van der Waals surface area contributed by atoms with Gasteiger partial charge < -0.3 is 20.0 Å². The van der Waals surface area contributed by atoms with Gasteiger partial charge in [0.15, 0.2) is 0 Å². The van der Waals surface area contributed by atoms with Crippen LogP contribution in [0, 0.1) is 0 Å². The molecule has 2 aliphatic heterocycles. The first-order valence-electron chi connectivity index (χ1n) is 11.5. The van der Waals surface area contributed by atoms with Crippen LogP contribution in [0.5, 0.6) is 0 Å². The zero-order valence-electron chi connectivity index (χ0n) is 18.8. The summed E-state index contributed by atoms with van der Waals surface area (Å²) in [5.74, 6) is -0.108. The van der Waals surface area contributed by atoms with Crippen LogP contribution in [0.2, 0.25) is 5.02 Å². The number of benzene rings is 2. The van der Waals surface area contributed by atoms with Crippen molar-refractivity contribution in [1.82, 2.24) is 9.80 Å². The molecule has 2 fully saturated rings. The minimum atomic E-state index is -0.0864. The number of nitrogens with one attached hydrogen (secondary N) is 1. The van der Waals surface area contributed by atoms with Crippen LogP contribution in [-0.2, 0) is 4.79 Å². The van der Waals surface area contributed by atoms with Crippen molar-refractivity contribution in [3.63, 3.8) is 0 Å². The first-order valence-corrected chi connectivity index (χ1v) is 11.9. The van der Waals surface area contributed by atoms with Gasteiger partial charge in [-0.2, -0.15) is 0 Å². The van der Waals surface area contributed by atoms with Gasteiger partial charge in [0, 0.05) is 67.7 Å². The normalized spacial score (nSPS) is 16.1. The van der Waals surface area contributed by atoms with Crippen LogP contribution >= 0.6 is 11.6 Å². The van der Waals surface area contributed by atoms with Crippen molar-refractivity contribution < 1.29 is 14.4 Å². The van der Waals surface area contributed by atoms with Crippen molar-refractivity contribution in [2.75, 3.05) is 49.5 Å². The number of carbonyl (C=O) groups excluding carboxylic acids is 3. The Balaban J connectivity index is 1.51. The molecule has 2 heterocycles. The number of amides is 3. The average Bonchev–Trinajstić information content (AvgIpc) is 3.39. The second-order valence-electron chi connectivity index (χ2n) is 8.42. The van der Waals surface area contributed by atoms with E-state index in [4.69, 9.17) is 11.6 Å². The smallest absolute Gasteiger partial charge is 0.256 e. The summed E-state index contributed by atoms with van der Waals surface area (Å²) < 4.78 is 0. The topological polar surface area (TPSA) is 73.0 Å². The minimum Gasteiger partial charge on any atom is -0.367 e. The van der Waals surface area contributed by atoms with Gasteiger partial charge >= 0.3 is 0 Å². The number of likely N-dealkylation sites (tertiary alicyclic amines) is 1. The summed E-state index contributed by atoms with van der Waals surface area (Å²) in [5, 5.41) is 3.46. The monoisotopic (exact) mass is 468 g/mol. The molecule has 7 nitrogen and oxygen atoms in total. The van der Waals surface area contributed by atoms with Crippen molar-refractivity contribution in [2.24, 2.45) is 0 Å². The van der Waals surface area contributed by atoms with Crippen LogP contribution < -0.4 is 10.2 Å². The standard InChI is InChI=1S/C25H29ClN4O3/c1-2-23(31)27-20-9-10-22(21(17-20)25(33)29-11-3-4-12-29)28-13-15-30(16-14-28)24(32)18-5-7-19(26)8-6-18/h5-10,17H,2-4,11-16H2,1H3,(H,27,31). The van der Waals surface area contributed by atoms with E-state index < -0.39 is 0 Å². The summed E-state index contributed by atoms with van der Waals surface area (Å²) in [7, 11) is 0. The Morgan fingerprint density at radius 1 is 0.848 bits per heavy atom. The molecule has 0 spiro atoms. The van der Waals surface area contributed by atoms with Gasteiger partial charge in [-0.1, -0.05) is 18.5 Å². The van der Waals surface area contributed by atoms with Crippen molar-refractivity contribution in [3.05, 3.63) is 58.6 Å². The van der Waals surface area contributed by atoms with Crippen LogP contribution in [0.15, 0.2) is 42.5 Å². The third-order valence-electron chi connectivity index (χ3n) is 6.22. The van der Waals surface area contributed by atoms with Crippen molar-refractivity contribution in [2.45, 2.75) is 26.2 Å².